The molecular weight excluding hydrogens is 420 g/mol. The predicted molar refractivity (Wildman–Crippen MR) is 113 cm³/mol. The number of hydrogen-bond donors (Lipinski definition) is 0. The highest BCUT2D eigenvalue weighted by Crippen LogP contribution is 2.38. The van der Waals surface area contributed by atoms with Crippen LogP contribution in [0.4, 0.5) is 0 Å². The van der Waals surface area contributed by atoms with E-state index in [0.29, 0.717) is 23.1 Å². The molecule has 6 heteroatoms. The summed E-state index contributed by atoms with van der Waals surface area (Å²) in [6.07, 6.45) is 0.815. The first kappa shape index (κ1) is 18.9. The minimum atomic E-state index is -0.425. The van der Waals surface area contributed by atoms with Crippen LogP contribution in [0.15, 0.2) is 62.2 Å². The van der Waals surface area contributed by atoms with Crippen molar-refractivity contribution in [2.24, 2.45) is 0 Å². The molecule has 0 radical (unpaired) electrons. The van der Waals surface area contributed by atoms with Crippen molar-refractivity contribution in [3.05, 3.63) is 80.1 Å². The Bertz CT molecular complexity index is 1090. The van der Waals surface area contributed by atoms with E-state index in [4.69, 9.17) is 4.42 Å². The molecule has 3 aromatic rings. The first-order valence-corrected chi connectivity index (χ1v) is 10.0. The Kier molecular flexibility index (Phi) is 5.08. The van der Waals surface area contributed by atoms with Crippen LogP contribution in [0.2, 0.25) is 0 Å². The van der Waals surface area contributed by atoms with Gasteiger partial charge in [0.15, 0.2) is 5.43 Å². The highest BCUT2D eigenvalue weighted by Gasteiger charge is 2.42. The molecule has 1 aliphatic heterocycles. The average molecular weight is 441 g/mol. The zero-order valence-electron chi connectivity index (χ0n) is 15.8. The molecule has 28 heavy (non-hydrogen) atoms. The second-order valence-electron chi connectivity index (χ2n) is 7.28. The number of fused-ring (bicyclic) bond motifs is 2. The summed E-state index contributed by atoms with van der Waals surface area (Å²) in [5.74, 6) is -0.0527. The Morgan fingerprint density at radius 1 is 1.11 bits per heavy atom. The van der Waals surface area contributed by atoms with Crippen LogP contribution in [-0.2, 0) is 0 Å². The lowest BCUT2D eigenvalue weighted by molar-refractivity contribution is 0.0722. The Hall–Kier alpha value is -2.44. The van der Waals surface area contributed by atoms with Crippen molar-refractivity contribution in [1.82, 2.24) is 9.80 Å². The molecule has 0 fully saturated rings. The molecule has 5 nitrogen and oxygen atoms in total. The molecule has 1 aromatic heterocycles. The third-order valence-electron chi connectivity index (χ3n) is 5.05. The van der Waals surface area contributed by atoms with E-state index in [-0.39, 0.29) is 17.1 Å². The summed E-state index contributed by atoms with van der Waals surface area (Å²) in [6.45, 7) is 1.41. The minimum Gasteiger partial charge on any atom is -0.450 e. The highest BCUT2D eigenvalue weighted by molar-refractivity contribution is 9.10. The smallest absolute Gasteiger partial charge is 0.290 e. The number of hydrogen-bond acceptors (Lipinski definition) is 4. The van der Waals surface area contributed by atoms with Gasteiger partial charge < -0.3 is 14.2 Å². The number of amides is 1. The van der Waals surface area contributed by atoms with Gasteiger partial charge in [-0.2, -0.15) is 0 Å². The second kappa shape index (κ2) is 7.53. The van der Waals surface area contributed by atoms with Crippen molar-refractivity contribution in [3.8, 4) is 0 Å². The molecule has 0 saturated heterocycles. The fourth-order valence-electron chi connectivity index (χ4n) is 3.76. The van der Waals surface area contributed by atoms with Gasteiger partial charge >= 0.3 is 0 Å². The van der Waals surface area contributed by atoms with E-state index in [1.54, 1.807) is 23.1 Å². The van der Waals surface area contributed by atoms with Gasteiger partial charge in [-0.15, -0.1) is 0 Å². The van der Waals surface area contributed by atoms with Gasteiger partial charge in [-0.05, 0) is 50.8 Å². The molecule has 2 aromatic carbocycles. The molecule has 1 unspecified atom stereocenters. The normalized spacial score (nSPS) is 16.2. The number of halogens is 1. The number of carbonyl (C=O) groups excluding carboxylic acids is 1. The SMILES string of the molecule is CN(C)CCCN1C(=O)c2oc3ccc(Br)cc3c(=O)c2C1c1ccccc1. The van der Waals surface area contributed by atoms with Gasteiger partial charge in [0.25, 0.3) is 5.91 Å². The topological polar surface area (TPSA) is 53.8 Å². The Labute approximate surface area is 171 Å². The van der Waals surface area contributed by atoms with Crippen LogP contribution < -0.4 is 5.43 Å². The lowest BCUT2D eigenvalue weighted by Gasteiger charge is -2.25. The van der Waals surface area contributed by atoms with Crippen LogP contribution in [0, 0.1) is 0 Å². The summed E-state index contributed by atoms with van der Waals surface area (Å²) in [5, 5.41) is 0.483. The van der Waals surface area contributed by atoms with E-state index < -0.39 is 6.04 Å². The van der Waals surface area contributed by atoms with E-state index in [1.807, 2.05) is 44.4 Å². The average Bonchev–Trinajstić information content (AvgIpc) is 2.95. The first-order valence-electron chi connectivity index (χ1n) is 9.24. The molecule has 0 bridgehead atoms. The van der Waals surface area contributed by atoms with E-state index >= 15 is 0 Å². The molecule has 1 aliphatic rings. The van der Waals surface area contributed by atoms with Gasteiger partial charge in [0.2, 0.25) is 5.76 Å². The van der Waals surface area contributed by atoms with Crippen LogP contribution in [-0.4, -0.2) is 42.9 Å². The van der Waals surface area contributed by atoms with Crippen molar-refractivity contribution < 1.29 is 9.21 Å². The molecule has 4 rings (SSSR count). The first-order chi connectivity index (χ1) is 13.5. The van der Waals surface area contributed by atoms with Crippen molar-refractivity contribution in [2.75, 3.05) is 27.2 Å². The molecule has 0 spiro atoms. The van der Waals surface area contributed by atoms with Crippen molar-refractivity contribution >= 4 is 32.8 Å². The summed E-state index contributed by atoms with van der Waals surface area (Å²) < 4.78 is 6.74. The molecule has 1 amide bonds. The monoisotopic (exact) mass is 440 g/mol. The van der Waals surface area contributed by atoms with Crippen LogP contribution in [0.5, 0.6) is 0 Å². The molecule has 0 aliphatic carbocycles. The molecule has 1 atom stereocenters. The van der Waals surface area contributed by atoms with Gasteiger partial charge in [0, 0.05) is 11.0 Å². The van der Waals surface area contributed by atoms with Crippen molar-refractivity contribution in [2.45, 2.75) is 12.5 Å². The molecule has 2 heterocycles. The van der Waals surface area contributed by atoms with E-state index in [0.717, 1.165) is 23.0 Å². The number of rotatable bonds is 5. The maximum absolute atomic E-state index is 13.4. The summed E-state index contributed by atoms with van der Waals surface area (Å²) in [4.78, 5) is 30.4. The number of benzene rings is 2. The Balaban J connectivity index is 1.88. The predicted octanol–water partition coefficient (Wildman–Crippen LogP) is 4.05. The number of nitrogens with zero attached hydrogens (tertiary/aromatic N) is 2. The zero-order chi connectivity index (χ0) is 19.8. The maximum atomic E-state index is 13.4. The zero-order valence-corrected chi connectivity index (χ0v) is 17.4. The van der Waals surface area contributed by atoms with Crippen molar-refractivity contribution in [3.63, 3.8) is 0 Å². The summed E-state index contributed by atoms with van der Waals surface area (Å²) in [7, 11) is 4.01. The maximum Gasteiger partial charge on any atom is 0.290 e. The van der Waals surface area contributed by atoms with Gasteiger partial charge in [-0.3, -0.25) is 9.59 Å². The molecule has 0 N–H and O–H groups in total. The van der Waals surface area contributed by atoms with Crippen LogP contribution in [0.25, 0.3) is 11.0 Å². The lowest BCUT2D eigenvalue weighted by Crippen LogP contribution is -2.32. The Morgan fingerprint density at radius 3 is 2.57 bits per heavy atom. The molecule has 144 valence electrons. The summed E-state index contributed by atoms with van der Waals surface area (Å²) in [5.41, 5.74) is 1.64. The van der Waals surface area contributed by atoms with Gasteiger partial charge in [0.05, 0.1) is 17.0 Å². The summed E-state index contributed by atoms with van der Waals surface area (Å²) >= 11 is 3.42. The van der Waals surface area contributed by atoms with Crippen LogP contribution in [0.3, 0.4) is 0 Å². The molecule has 0 saturated carbocycles. The van der Waals surface area contributed by atoms with Gasteiger partial charge in [-0.1, -0.05) is 46.3 Å². The van der Waals surface area contributed by atoms with E-state index in [9.17, 15) is 9.59 Å². The fraction of sp³-hybridized carbons (Fsp3) is 0.273. The third kappa shape index (κ3) is 3.27. The van der Waals surface area contributed by atoms with Gasteiger partial charge in [0.1, 0.15) is 5.58 Å². The van der Waals surface area contributed by atoms with Crippen LogP contribution in [0.1, 0.15) is 34.1 Å². The lowest BCUT2D eigenvalue weighted by atomic mass is 9.98. The standard InChI is InChI=1S/C22H21BrN2O3/c1-24(2)11-6-12-25-19(14-7-4-3-5-8-14)18-20(26)16-13-15(23)9-10-17(16)28-21(18)22(25)27/h3-5,7-10,13,19H,6,11-12H2,1-2H3. The van der Waals surface area contributed by atoms with E-state index in [2.05, 4.69) is 20.8 Å². The highest BCUT2D eigenvalue weighted by atomic mass is 79.9. The summed E-state index contributed by atoms with van der Waals surface area (Å²) in [6, 6.07) is 14.5. The van der Waals surface area contributed by atoms with Crippen molar-refractivity contribution in [1.29, 1.82) is 0 Å². The third-order valence-corrected chi connectivity index (χ3v) is 5.54. The quantitative estimate of drug-likeness (QED) is 0.600. The fourth-order valence-corrected chi connectivity index (χ4v) is 4.12. The second-order valence-corrected chi connectivity index (χ2v) is 8.20. The Morgan fingerprint density at radius 2 is 1.86 bits per heavy atom. The van der Waals surface area contributed by atoms with Crippen LogP contribution >= 0.6 is 15.9 Å². The van der Waals surface area contributed by atoms with E-state index in [1.165, 1.54) is 0 Å². The minimum absolute atomic E-state index is 0.144. The largest absolute Gasteiger partial charge is 0.450 e. The molecular formula is C22H21BrN2O3. The number of carbonyl (C=O) groups is 1. The van der Waals surface area contributed by atoms with Gasteiger partial charge in [-0.25, -0.2) is 0 Å².